The van der Waals surface area contributed by atoms with Gasteiger partial charge in [0, 0.05) is 20.6 Å². The maximum Gasteiger partial charge on any atom is 0.236 e. The standard InChI is InChI=1S/C9H20N4O2/c1-4-13(5-7(10)9(11)15)6-8(14)12(2)3/h7H,4-6,10H2,1-3H3,(H2,11,15). The van der Waals surface area contributed by atoms with E-state index in [9.17, 15) is 9.59 Å². The molecule has 0 aromatic heterocycles. The minimum absolute atomic E-state index is 0.0199. The molecular formula is C9H20N4O2. The molecule has 2 amide bonds. The van der Waals surface area contributed by atoms with E-state index in [1.165, 1.54) is 4.90 Å². The number of nitrogens with two attached hydrogens (primary N) is 2. The summed E-state index contributed by atoms with van der Waals surface area (Å²) in [6.45, 7) is 3.12. The van der Waals surface area contributed by atoms with Crippen molar-refractivity contribution in [1.29, 1.82) is 0 Å². The van der Waals surface area contributed by atoms with Crippen LogP contribution in [0, 0.1) is 0 Å². The van der Waals surface area contributed by atoms with E-state index < -0.39 is 11.9 Å². The summed E-state index contributed by atoms with van der Waals surface area (Å²) in [6, 6.07) is -0.722. The summed E-state index contributed by atoms with van der Waals surface area (Å²) in [5.41, 5.74) is 10.5. The highest BCUT2D eigenvalue weighted by Gasteiger charge is 2.16. The molecule has 0 bridgehead atoms. The average Bonchev–Trinajstić information content (AvgIpc) is 2.15. The van der Waals surface area contributed by atoms with Gasteiger partial charge >= 0.3 is 0 Å². The van der Waals surface area contributed by atoms with Crippen LogP contribution in [0.4, 0.5) is 0 Å². The van der Waals surface area contributed by atoms with Gasteiger partial charge in [-0.2, -0.15) is 0 Å². The molecule has 0 radical (unpaired) electrons. The molecule has 0 fully saturated rings. The fourth-order valence-corrected chi connectivity index (χ4v) is 1.01. The summed E-state index contributed by atoms with van der Waals surface area (Å²) in [7, 11) is 3.37. The van der Waals surface area contributed by atoms with Gasteiger partial charge in [-0.25, -0.2) is 0 Å². The molecule has 0 heterocycles. The molecule has 1 atom stereocenters. The zero-order valence-corrected chi connectivity index (χ0v) is 9.56. The Labute approximate surface area is 90.2 Å². The number of amides is 2. The van der Waals surface area contributed by atoms with Crippen LogP contribution in [0.1, 0.15) is 6.92 Å². The highest BCUT2D eigenvalue weighted by Crippen LogP contribution is 1.92. The largest absolute Gasteiger partial charge is 0.368 e. The Bertz CT molecular complexity index is 230. The lowest BCUT2D eigenvalue weighted by Gasteiger charge is -2.23. The second kappa shape index (κ2) is 6.36. The summed E-state index contributed by atoms with van der Waals surface area (Å²) in [4.78, 5) is 25.4. The molecule has 4 N–H and O–H groups in total. The minimum atomic E-state index is -0.722. The van der Waals surface area contributed by atoms with Gasteiger partial charge in [0.25, 0.3) is 0 Å². The molecule has 0 aliphatic heterocycles. The zero-order valence-electron chi connectivity index (χ0n) is 9.56. The first kappa shape index (κ1) is 13.9. The first-order valence-electron chi connectivity index (χ1n) is 4.85. The maximum atomic E-state index is 11.4. The number of carbonyl (C=O) groups is 2. The van der Waals surface area contributed by atoms with E-state index in [4.69, 9.17) is 11.5 Å². The second-order valence-corrected chi connectivity index (χ2v) is 3.62. The quantitative estimate of drug-likeness (QED) is 0.548. The van der Waals surface area contributed by atoms with E-state index in [-0.39, 0.29) is 12.5 Å². The number of likely N-dealkylation sites (N-methyl/N-ethyl adjacent to an activating group) is 2. The highest BCUT2D eigenvalue weighted by atomic mass is 16.2. The Morgan fingerprint density at radius 3 is 2.20 bits per heavy atom. The van der Waals surface area contributed by atoms with Crippen LogP contribution in [-0.2, 0) is 9.59 Å². The number of hydrogen-bond acceptors (Lipinski definition) is 4. The fraction of sp³-hybridized carbons (Fsp3) is 0.778. The van der Waals surface area contributed by atoms with Crippen LogP contribution in [0.3, 0.4) is 0 Å². The second-order valence-electron chi connectivity index (χ2n) is 3.62. The first-order valence-corrected chi connectivity index (χ1v) is 4.85. The molecule has 6 heteroatoms. The van der Waals surface area contributed by atoms with Crippen molar-refractivity contribution in [3.8, 4) is 0 Å². The zero-order chi connectivity index (χ0) is 12.0. The summed E-state index contributed by atoms with van der Waals surface area (Å²) < 4.78 is 0. The van der Waals surface area contributed by atoms with E-state index in [2.05, 4.69) is 0 Å². The third-order valence-electron chi connectivity index (χ3n) is 2.13. The Balaban J connectivity index is 4.14. The van der Waals surface area contributed by atoms with Crippen molar-refractivity contribution >= 4 is 11.8 Å². The van der Waals surface area contributed by atoms with E-state index >= 15 is 0 Å². The first-order chi connectivity index (χ1) is 6.88. The van der Waals surface area contributed by atoms with Crippen molar-refractivity contribution in [2.24, 2.45) is 11.5 Å². The molecule has 0 aliphatic rings. The smallest absolute Gasteiger partial charge is 0.236 e. The van der Waals surface area contributed by atoms with E-state index in [0.29, 0.717) is 13.1 Å². The highest BCUT2D eigenvalue weighted by molar-refractivity contribution is 5.80. The lowest BCUT2D eigenvalue weighted by molar-refractivity contribution is -0.130. The van der Waals surface area contributed by atoms with Gasteiger partial charge in [-0.15, -0.1) is 0 Å². The van der Waals surface area contributed by atoms with Crippen molar-refractivity contribution in [2.45, 2.75) is 13.0 Å². The predicted octanol–water partition coefficient (Wildman–Crippen LogP) is -1.79. The topological polar surface area (TPSA) is 92.7 Å². The van der Waals surface area contributed by atoms with Gasteiger partial charge in [0.15, 0.2) is 0 Å². The summed E-state index contributed by atoms with van der Waals surface area (Å²) in [6.07, 6.45) is 0. The molecule has 6 nitrogen and oxygen atoms in total. The van der Waals surface area contributed by atoms with Crippen LogP contribution < -0.4 is 11.5 Å². The van der Waals surface area contributed by atoms with Crippen molar-refractivity contribution in [3.63, 3.8) is 0 Å². The van der Waals surface area contributed by atoms with Crippen LogP contribution in [0.25, 0.3) is 0 Å². The average molecular weight is 216 g/mol. The molecule has 0 saturated heterocycles. The Hall–Kier alpha value is -1.14. The molecule has 0 saturated carbocycles. The lowest BCUT2D eigenvalue weighted by atomic mass is 10.2. The molecule has 1 unspecified atom stereocenters. The van der Waals surface area contributed by atoms with Gasteiger partial charge < -0.3 is 16.4 Å². The molecule has 0 aliphatic carbocycles. The van der Waals surface area contributed by atoms with Crippen molar-refractivity contribution in [3.05, 3.63) is 0 Å². The number of primary amides is 1. The van der Waals surface area contributed by atoms with Crippen LogP contribution in [0.2, 0.25) is 0 Å². The molecule has 0 rings (SSSR count). The van der Waals surface area contributed by atoms with E-state index in [1.807, 2.05) is 6.92 Å². The van der Waals surface area contributed by atoms with Gasteiger partial charge in [0.2, 0.25) is 11.8 Å². The summed E-state index contributed by atoms with van der Waals surface area (Å²) >= 11 is 0. The number of hydrogen-bond donors (Lipinski definition) is 2. The lowest BCUT2D eigenvalue weighted by Crippen LogP contribution is -2.48. The normalized spacial score (nSPS) is 12.6. The van der Waals surface area contributed by atoms with Crippen LogP contribution in [-0.4, -0.2) is 61.4 Å². The molecule has 15 heavy (non-hydrogen) atoms. The van der Waals surface area contributed by atoms with E-state index in [0.717, 1.165) is 0 Å². The predicted molar refractivity (Wildman–Crippen MR) is 58.0 cm³/mol. The molecule has 88 valence electrons. The summed E-state index contributed by atoms with van der Waals surface area (Å²) in [5, 5.41) is 0. The van der Waals surface area contributed by atoms with Gasteiger partial charge in [0.05, 0.1) is 12.6 Å². The molecule has 0 spiro atoms. The Kier molecular flexibility index (Phi) is 5.88. The maximum absolute atomic E-state index is 11.4. The SMILES string of the molecule is CCN(CC(=O)N(C)C)CC(N)C(N)=O. The van der Waals surface area contributed by atoms with Gasteiger partial charge in [-0.05, 0) is 6.54 Å². The number of rotatable bonds is 6. The van der Waals surface area contributed by atoms with Gasteiger partial charge in [0.1, 0.15) is 0 Å². The van der Waals surface area contributed by atoms with Crippen molar-refractivity contribution in [1.82, 2.24) is 9.80 Å². The van der Waals surface area contributed by atoms with Crippen molar-refractivity contribution < 1.29 is 9.59 Å². The number of carbonyl (C=O) groups excluding carboxylic acids is 2. The Morgan fingerprint density at radius 2 is 1.87 bits per heavy atom. The summed E-state index contributed by atoms with van der Waals surface area (Å²) in [5.74, 6) is -0.570. The third kappa shape index (κ3) is 5.34. The minimum Gasteiger partial charge on any atom is -0.368 e. The molecule has 0 aromatic rings. The van der Waals surface area contributed by atoms with Crippen LogP contribution >= 0.6 is 0 Å². The third-order valence-corrected chi connectivity index (χ3v) is 2.13. The molecular weight excluding hydrogens is 196 g/mol. The monoisotopic (exact) mass is 216 g/mol. The van der Waals surface area contributed by atoms with Gasteiger partial charge in [-0.3, -0.25) is 14.5 Å². The fourth-order valence-electron chi connectivity index (χ4n) is 1.01. The number of nitrogens with zero attached hydrogens (tertiary/aromatic N) is 2. The van der Waals surface area contributed by atoms with Crippen molar-refractivity contribution in [2.75, 3.05) is 33.7 Å². The Morgan fingerprint density at radius 1 is 1.33 bits per heavy atom. The van der Waals surface area contributed by atoms with Crippen LogP contribution in [0.5, 0.6) is 0 Å². The van der Waals surface area contributed by atoms with Gasteiger partial charge in [-0.1, -0.05) is 6.92 Å². The van der Waals surface area contributed by atoms with Crippen LogP contribution in [0.15, 0.2) is 0 Å². The molecule has 0 aromatic carbocycles. The van der Waals surface area contributed by atoms with E-state index in [1.54, 1.807) is 19.0 Å².